The minimum Gasteiger partial charge on any atom is -0.392 e. The van der Waals surface area contributed by atoms with Crippen molar-refractivity contribution in [3.63, 3.8) is 0 Å². The molecule has 2 N–H and O–H groups in total. The molecule has 0 radical (unpaired) electrons. The van der Waals surface area contributed by atoms with Crippen LogP contribution in [0, 0.1) is 0 Å². The van der Waals surface area contributed by atoms with Gasteiger partial charge in [-0.1, -0.05) is 14.9 Å². The summed E-state index contributed by atoms with van der Waals surface area (Å²) in [5.74, 6) is 0. The number of rotatable bonds is 0. The van der Waals surface area contributed by atoms with Crippen molar-refractivity contribution >= 4 is 0 Å². The maximum atomic E-state index is 8.84. The lowest BCUT2D eigenvalue weighted by atomic mass is 10.2. The average Bonchev–Trinajstić information content (AvgIpc) is 1.87. The fraction of sp³-hybridized carbons (Fsp3) is 1.00. The fourth-order valence-electron chi connectivity index (χ4n) is 0.912. The van der Waals surface area contributed by atoms with Crippen LogP contribution in [0.3, 0.4) is 0 Å². The van der Waals surface area contributed by atoms with Gasteiger partial charge in [0, 0.05) is 12.6 Å². The van der Waals surface area contributed by atoms with E-state index in [0.29, 0.717) is 6.04 Å². The van der Waals surface area contributed by atoms with E-state index in [2.05, 4.69) is 12.2 Å². The Morgan fingerprint density at radius 2 is 2.00 bits per heavy atom. The van der Waals surface area contributed by atoms with E-state index in [9.17, 15) is 0 Å². The molecule has 1 rings (SSSR count). The summed E-state index contributed by atoms with van der Waals surface area (Å²) >= 11 is 0. The van der Waals surface area contributed by atoms with Gasteiger partial charge in [0.15, 0.2) is 0 Å². The van der Waals surface area contributed by atoms with E-state index < -0.39 is 0 Å². The highest BCUT2D eigenvalue weighted by Gasteiger charge is 2.16. The number of hydrogen-bond acceptors (Lipinski definition) is 2. The molecule has 0 aliphatic carbocycles. The lowest BCUT2D eigenvalue weighted by Crippen LogP contribution is -2.17. The number of aliphatic hydroxyl groups excluding tert-OH is 1. The van der Waals surface area contributed by atoms with Gasteiger partial charge in [-0.05, 0) is 13.3 Å². The lowest BCUT2D eigenvalue weighted by Gasteiger charge is -1.95. The molecular weight excluding hydrogens is 114 g/mol. The second-order valence-electron chi connectivity index (χ2n) is 2.20. The Hall–Kier alpha value is -0.0800. The summed E-state index contributed by atoms with van der Waals surface area (Å²) < 4.78 is 0. The Bertz CT molecular complexity index is 57.9. The molecule has 0 spiro atoms. The summed E-state index contributed by atoms with van der Waals surface area (Å²) in [6, 6.07) is 0.523. The first-order valence-electron chi connectivity index (χ1n) is 2.70. The van der Waals surface area contributed by atoms with Gasteiger partial charge in [-0.2, -0.15) is 0 Å². The van der Waals surface area contributed by atoms with E-state index in [1.54, 1.807) is 0 Å². The van der Waals surface area contributed by atoms with Crippen LogP contribution in [0.4, 0.5) is 0 Å². The fourth-order valence-corrected chi connectivity index (χ4v) is 0.912. The molecule has 1 aliphatic rings. The van der Waals surface area contributed by atoms with Crippen LogP contribution in [0.1, 0.15) is 28.2 Å². The third-order valence-electron chi connectivity index (χ3n) is 1.33. The summed E-state index contributed by atoms with van der Waals surface area (Å²) in [7, 11) is 0. The first-order chi connectivity index (χ1) is 3.29. The van der Waals surface area contributed by atoms with Crippen LogP contribution in [0.25, 0.3) is 0 Å². The second kappa shape index (κ2) is 4.77. The molecule has 0 bridgehead atoms. The zero-order valence-corrected chi connectivity index (χ0v) is 4.52. The maximum absolute atomic E-state index is 8.84. The molecular formula is C7H19NO. The van der Waals surface area contributed by atoms with Crippen LogP contribution in [-0.2, 0) is 0 Å². The van der Waals surface area contributed by atoms with Crippen molar-refractivity contribution in [2.75, 3.05) is 6.54 Å². The lowest BCUT2D eigenvalue weighted by molar-refractivity contribution is 0.194. The number of nitrogens with one attached hydrogen (secondary N) is 1. The van der Waals surface area contributed by atoms with Crippen molar-refractivity contribution in [3.8, 4) is 0 Å². The molecule has 2 heteroatoms. The van der Waals surface area contributed by atoms with Crippen LogP contribution in [0.2, 0.25) is 0 Å². The molecule has 1 fully saturated rings. The van der Waals surface area contributed by atoms with Crippen molar-refractivity contribution in [3.05, 3.63) is 0 Å². The van der Waals surface area contributed by atoms with Crippen LogP contribution in [-0.4, -0.2) is 23.8 Å². The van der Waals surface area contributed by atoms with Crippen molar-refractivity contribution < 1.29 is 5.11 Å². The minimum absolute atomic E-state index is 0. The van der Waals surface area contributed by atoms with E-state index >= 15 is 0 Å². The van der Waals surface area contributed by atoms with Crippen LogP contribution in [0.5, 0.6) is 0 Å². The molecule has 0 aromatic rings. The Morgan fingerprint density at radius 3 is 2.11 bits per heavy atom. The van der Waals surface area contributed by atoms with Gasteiger partial charge in [0.1, 0.15) is 0 Å². The Morgan fingerprint density at radius 1 is 1.44 bits per heavy atom. The summed E-state index contributed by atoms with van der Waals surface area (Å²) in [6.07, 6.45) is 0.829. The van der Waals surface area contributed by atoms with Crippen LogP contribution >= 0.6 is 0 Å². The van der Waals surface area contributed by atoms with Crippen molar-refractivity contribution in [2.45, 2.75) is 40.3 Å². The van der Waals surface area contributed by atoms with E-state index in [4.69, 9.17) is 5.11 Å². The Labute approximate surface area is 58.3 Å². The highest BCUT2D eigenvalue weighted by molar-refractivity contribution is 4.76. The normalized spacial score (nSPS) is 32.7. The van der Waals surface area contributed by atoms with Crippen molar-refractivity contribution in [2.24, 2.45) is 0 Å². The van der Waals surface area contributed by atoms with E-state index in [1.807, 2.05) is 0 Å². The first-order valence-corrected chi connectivity index (χ1v) is 2.70. The Kier molecular flexibility index (Phi) is 6.19. The molecule has 0 aromatic carbocycles. The van der Waals surface area contributed by atoms with Gasteiger partial charge in [0.05, 0.1) is 6.10 Å². The van der Waals surface area contributed by atoms with E-state index in [-0.39, 0.29) is 21.0 Å². The van der Waals surface area contributed by atoms with Gasteiger partial charge in [-0.3, -0.25) is 0 Å². The molecule has 0 amide bonds. The molecule has 2 atom stereocenters. The summed E-state index contributed by atoms with van der Waals surface area (Å²) in [6.45, 7) is 2.86. The standard InChI is InChI=1S/C5H11NO.2CH4/c1-4-2-5(7)3-6-4;;/h4-7H,2-3H2,1H3;2*1H4/t4-,5-;;/m1../s1. The minimum atomic E-state index is -0.0880. The van der Waals surface area contributed by atoms with Crippen molar-refractivity contribution in [1.29, 1.82) is 0 Å². The van der Waals surface area contributed by atoms with Gasteiger partial charge in [0.25, 0.3) is 0 Å². The molecule has 1 aliphatic heterocycles. The SMILES string of the molecule is C.C.C[C@@H]1C[C@@H](O)CN1. The summed E-state index contributed by atoms with van der Waals surface area (Å²) in [4.78, 5) is 0. The zero-order valence-electron chi connectivity index (χ0n) is 4.52. The second-order valence-corrected chi connectivity index (χ2v) is 2.20. The van der Waals surface area contributed by atoms with Gasteiger partial charge >= 0.3 is 0 Å². The molecule has 0 saturated carbocycles. The molecule has 0 unspecified atom stereocenters. The maximum Gasteiger partial charge on any atom is 0.0679 e. The highest BCUT2D eigenvalue weighted by Crippen LogP contribution is 2.03. The monoisotopic (exact) mass is 133 g/mol. The number of β-amino-alcohol motifs (C(OH)–C–C–N with tert-alkyl or cyclic N) is 1. The largest absolute Gasteiger partial charge is 0.392 e. The van der Waals surface area contributed by atoms with E-state index in [1.165, 1.54) is 0 Å². The molecule has 1 heterocycles. The molecule has 9 heavy (non-hydrogen) atoms. The van der Waals surface area contributed by atoms with Crippen molar-refractivity contribution in [1.82, 2.24) is 5.32 Å². The van der Waals surface area contributed by atoms with Gasteiger partial charge in [-0.25, -0.2) is 0 Å². The molecule has 1 saturated heterocycles. The van der Waals surface area contributed by atoms with Crippen LogP contribution < -0.4 is 5.32 Å². The topological polar surface area (TPSA) is 32.3 Å². The van der Waals surface area contributed by atoms with Gasteiger partial charge < -0.3 is 10.4 Å². The Balaban J connectivity index is 0. The van der Waals surface area contributed by atoms with Gasteiger partial charge in [0.2, 0.25) is 0 Å². The third kappa shape index (κ3) is 3.49. The molecule has 2 nitrogen and oxygen atoms in total. The predicted molar refractivity (Wildman–Crippen MR) is 41.6 cm³/mol. The summed E-state index contributed by atoms with van der Waals surface area (Å²) in [5.41, 5.74) is 0. The smallest absolute Gasteiger partial charge is 0.0679 e. The predicted octanol–water partition coefficient (Wildman–Crippen LogP) is 1.00. The average molecular weight is 133 g/mol. The van der Waals surface area contributed by atoms with Crippen LogP contribution in [0.15, 0.2) is 0 Å². The molecule has 58 valence electrons. The van der Waals surface area contributed by atoms with Gasteiger partial charge in [-0.15, -0.1) is 0 Å². The highest BCUT2D eigenvalue weighted by atomic mass is 16.3. The zero-order chi connectivity index (χ0) is 5.28. The molecule has 0 aromatic heterocycles. The number of hydrogen-bond donors (Lipinski definition) is 2. The quantitative estimate of drug-likeness (QED) is 0.516. The first kappa shape index (κ1) is 11.7. The third-order valence-corrected chi connectivity index (χ3v) is 1.33. The summed E-state index contributed by atoms with van der Waals surface area (Å²) in [5, 5.41) is 12.0. The van der Waals surface area contributed by atoms with E-state index in [0.717, 1.165) is 13.0 Å². The number of aliphatic hydroxyl groups is 1.